The van der Waals surface area contributed by atoms with Crippen molar-refractivity contribution in [1.29, 1.82) is 0 Å². The number of thiazole rings is 1. The molecule has 0 saturated carbocycles. The number of benzene rings is 5. The van der Waals surface area contributed by atoms with Crippen molar-refractivity contribution in [3.05, 3.63) is 189 Å². The summed E-state index contributed by atoms with van der Waals surface area (Å²) >= 11 is 1.85. The van der Waals surface area contributed by atoms with Crippen LogP contribution in [0.25, 0.3) is 22.3 Å². The third-order valence-corrected chi connectivity index (χ3v) is 16.7. The third kappa shape index (κ3) is 8.01. The molecule has 1 fully saturated rings. The molecule has 2 N–H and O–H groups in total. The van der Waals surface area contributed by atoms with Gasteiger partial charge in [-0.3, -0.25) is 9.36 Å². The van der Waals surface area contributed by atoms with Crippen LogP contribution >= 0.6 is 18.9 Å². The Kier molecular flexibility index (Phi) is 12.3. The molecule has 0 atom stereocenters. The fourth-order valence-corrected chi connectivity index (χ4v) is 13.3. The number of fused-ring (bicyclic) bond motifs is 7. The second kappa shape index (κ2) is 18.3. The average Bonchev–Trinajstić information content (AvgIpc) is 4.16. The lowest BCUT2D eigenvalue weighted by molar-refractivity contribution is 0.0595. The number of piperidine rings is 1. The highest BCUT2D eigenvalue weighted by Gasteiger charge is 2.48. The van der Waals surface area contributed by atoms with Crippen LogP contribution in [0.15, 0.2) is 140 Å². The number of aryl methyl sites for hydroxylation is 2. The van der Waals surface area contributed by atoms with Crippen LogP contribution in [0.4, 0.5) is 0 Å². The summed E-state index contributed by atoms with van der Waals surface area (Å²) in [6.07, 6.45) is 13.2. The van der Waals surface area contributed by atoms with Gasteiger partial charge >= 0.3 is 7.60 Å². The number of aromatic nitrogens is 3. The lowest BCUT2D eigenvalue weighted by Gasteiger charge is -2.37. The van der Waals surface area contributed by atoms with E-state index in [1.54, 1.807) is 0 Å². The van der Waals surface area contributed by atoms with Crippen molar-refractivity contribution in [1.82, 2.24) is 24.3 Å². The van der Waals surface area contributed by atoms with E-state index in [1.807, 2.05) is 55.2 Å². The standard InChI is InChI=1S/C34H35N3OS.C21H23N2O3P/c1-24-22-35-33(39-24)34(30-14-6-4-12-28(30)29-13-5-7-15-31(29)34)18-8-9-19-36-20-16-26(17-21-36)37-23-25-10-2-3-11-27(25)32(37)38;1-23-14-13-22-20(23)21(12-6-7-15-27(24,25)26)18-10-4-2-8-16(18)17-9-3-5-11-19(17)21/h2-7,10-15,22,26H,8-9,16-21,23H2,1H3;2-5,8-11,13-14H,6-7,12,15H2,1H3,(H2,24,25,26). The summed E-state index contributed by atoms with van der Waals surface area (Å²) in [5.74, 6) is 1.19. The predicted molar refractivity (Wildman–Crippen MR) is 264 cm³/mol. The zero-order valence-corrected chi connectivity index (χ0v) is 39.6. The smallest absolute Gasteiger partial charge is 0.325 e. The van der Waals surface area contributed by atoms with Crippen molar-refractivity contribution in [2.24, 2.45) is 7.05 Å². The number of unbranched alkanes of at least 4 members (excludes halogenated alkanes) is 2. The Morgan fingerprint density at radius 3 is 1.71 bits per heavy atom. The molecule has 1 saturated heterocycles. The van der Waals surface area contributed by atoms with Crippen LogP contribution in [0, 0.1) is 6.92 Å². The summed E-state index contributed by atoms with van der Waals surface area (Å²) in [5.41, 5.74) is 11.9. The van der Waals surface area contributed by atoms with Crippen molar-refractivity contribution >= 4 is 24.8 Å². The molecule has 4 aliphatic rings. The fraction of sp³-hybridized carbons (Fsp3) is 0.327. The first kappa shape index (κ1) is 44.4. The molecule has 0 radical (unpaired) electrons. The van der Waals surface area contributed by atoms with Gasteiger partial charge in [0.05, 0.1) is 10.8 Å². The van der Waals surface area contributed by atoms with E-state index >= 15 is 0 Å². The average molecular weight is 916 g/mol. The van der Waals surface area contributed by atoms with Crippen molar-refractivity contribution in [3.8, 4) is 22.3 Å². The molecule has 7 aromatic rings. The second-order valence-corrected chi connectivity index (χ2v) is 21.6. The van der Waals surface area contributed by atoms with Gasteiger partial charge in [-0.05, 0) is 108 Å². The highest BCUT2D eigenvalue weighted by Crippen LogP contribution is 2.56. The van der Waals surface area contributed by atoms with Gasteiger partial charge in [-0.2, -0.15) is 0 Å². The van der Waals surface area contributed by atoms with E-state index in [1.165, 1.54) is 66.4 Å². The van der Waals surface area contributed by atoms with Gasteiger partial charge in [0.15, 0.2) is 0 Å². The molecule has 0 bridgehead atoms. The summed E-state index contributed by atoms with van der Waals surface area (Å²) in [4.78, 5) is 47.1. The van der Waals surface area contributed by atoms with E-state index in [0.717, 1.165) is 69.7 Å². The maximum atomic E-state index is 12.9. The number of hydrogen-bond donors (Lipinski definition) is 2. The Morgan fingerprint density at radius 1 is 0.682 bits per heavy atom. The van der Waals surface area contributed by atoms with Crippen LogP contribution in [0.2, 0.25) is 0 Å². The Labute approximate surface area is 392 Å². The number of nitrogens with zero attached hydrogens (tertiary/aromatic N) is 5. The monoisotopic (exact) mass is 915 g/mol. The molecule has 11 heteroatoms. The topological polar surface area (TPSA) is 112 Å². The minimum Gasteiger partial charge on any atom is -0.337 e. The quantitative estimate of drug-likeness (QED) is 0.0875. The molecule has 9 nitrogen and oxygen atoms in total. The molecule has 0 spiro atoms. The second-order valence-electron chi connectivity index (χ2n) is 18.6. The van der Waals surface area contributed by atoms with Gasteiger partial charge in [-0.25, -0.2) is 9.97 Å². The lowest BCUT2D eigenvalue weighted by Crippen LogP contribution is -2.45. The highest BCUT2D eigenvalue weighted by atomic mass is 32.1. The maximum absolute atomic E-state index is 12.9. The normalized spacial score (nSPS) is 16.8. The first-order chi connectivity index (χ1) is 32.1. The molecule has 1 amide bonds. The first-order valence-corrected chi connectivity index (χ1v) is 26.2. The molecule has 4 heterocycles. The van der Waals surface area contributed by atoms with Crippen molar-refractivity contribution in [2.75, 3.05) is 25.8 Å². The van der Waals surface area contributed by atoms with Gasteiger partial charge in [0.2, 0.25) is 0 Å². The van der Waals surface area contributed by atoms with E-state index in [9.17, 15) is 19.1 Å². The molecule has 338 valence electrons. The number of carbonyl (C=O) groups is 1. The Morgan fingerprint density at radius 2 is 1.20 bits per heavy atom. The number of amides is 1. The Balaban J connectivity index is 0.000000166. The predicted octanol–water partition coefficient (Wildman–Crippen LogP) is 11.1. The zero-order chi connectivity index (χ0) is 45.5. The summed E-state index contributed by atoms with van der Waals surface area (Å²) in [5, 5.41) is 1.23. The lowest BCUT2D eigenvalue weighted by atomic mass is 9.73. The minimum absolute atomic E-state index is 0.0764. The molecular weight excluding hydrogens is 858 g/mol. The molecule has 0 unspecified atom stereocenters. The third-order valence-electron chi connectivity index (χ3n) is 14.7. The van der Waals surface area contributed by atoms with Crippen LogP contribution in [0.1, 0.15) is 105 Å². The van der Waals surface area contributed by atoms with Gasteiger partial charge in [0.1, 0.15) is 10.8 Å². The summed E-state index contributed by atoms with van der Waals surface area (Å²) < 4.78 is 13.3. The maximum Gasteiger partial charge on any atom is 0.325 e. The van der Waals surface area contributed by atoms with E-state index in [2.05, 4.69) is 124 Å². The molecule has 11 rings (SSSR count). The molecule has 66 heavy (non-hydrogen) atoms. The van der Waals surface area contributed by atoms with Gasteiger partial charge < -0.3 is 24.2 Å². The first-order valence-electron chi connectivity index (χ1n) is 23.5. The Bertz CT molecular complexity index is 2840. The van der Waals surface area contributed by atoms with Gasteiger partial charge in [-0.1, -0.05) is 128 Å². The van der Waals surface area contributed by atoms with Crippen LogP contribution in [-0.2, 0) is 29.0 Å². The zero-order valence-electron chi connectivity index (χ0n) is 37.9. The molecule has 2 aromatic heterocycles. The number of rotatable bonds is 13. The number of imidazole rings is 1. The molecule has 2 aliphatic carbocycles. The van der Waals surface area contributed by atoms with Crippen LogP contribution < -0.4 is 0 Å². The van der Waals surface area contributed by atoms with Crippen molar-refractivity contribution < 1.29 is 19.1 Å². The number of carbonyl (C=O) groups excluding carboxylic acids is 1. The van der Waals surface area contributed by atoms with Crippen molar-refractivity contribution in [3.63, 3.8) is 0 Å². The van der Waals surface area contributed by atoms with Crippen LogP contribution in [-0.4, -0.2) is 71.9 Å². The summed E-state index contributed by atoms with van der Waals surface area (Å²) in [7, 11) is -1.97. The van der Waals surface area contributed by atoms with E-state index < -0.39 is 13.0 Å². The highest BCUT2D eigenvalue weighted by molar-refractivity contribution is 7.51. The Hall–Kier alpha value is -5.48. The van der Waals surface area contributed by atoms with Crippen LogP contribution in [0.3, 0.4) is 0 Å². The molecule has 2 aliphatic heterocycles. The minimum atomic E-state index is -3.97. The fourth-order valence-electron chi connectivity index (χ4n) is 11.7. The molecule has 5 aromatic carbocycles. The van der Waals surface area contributed by atoms with Gasteiger partial charge in [0.25, 0.3) is 5.91 Å². The van der Waals surface area contributed by atoms with E-state index in [0.29, 0.717) is 18.9 Å². The number of hydrogen-bond acceptors (Lipinski definition) is 6. The summed E-state index contributed by atoms with van der Waals surface area (Å²) in [6.45, 7) is 6.22. The van der Waals surface area contributed by atoms with Gasteiger partial charge in [0, 0.05) is 67.9 Å². The SMILES string of the molecule is Cc1cnc(C2(CCCCN3CCC(N4Cc5ccccc5C4=O)CC3)c3ccccc3-c3ccccc32)s1.Cn1ccnc1C1(CCCCP(=O)(O)O)c2ccccc2-c2ccccc21. The van der Waals surface area contributed by atoms with Crippen LogP contribution in [0.5, 0.6) is 0 Å². The van der Waals surface area contributed by atoms with E-state index in [-0.39, 0.29) is 17.5 Å². The van der Waals surface area contributed by atoms with Gasteiger partial charge in [-0.15, -0.1) is 11.3 Å². The van der Waals surface area contributed by atoms with Crippen molar-refractivity contribution in [2.45, 2.75) is 81.7 Å². The summed E-state index contributed by atoms with van der Waals surface area (Å²) in [6, 6.07) is 43.2. The largest absolute Gasteiger partial charge is 0.337 e. The molecular formula is C55H58N5O4PS. The number of likely N-dealkylation sites (tertiary alicyclic amines) is 1. The van der Waals surface area contributed by atoms with E-state index in [4.69, 9.17) is 9.97 Å².